The van der Waals surface area contributed by atoms with E-state index in [1.165, 1.54) is 19.3 Å². The Balaban J connectivity index is 2.67. The molecule has 0 aliphatic heterocycles. The molecule has 0 spiro atoms. The summed E-state index contributed by atoms with van der Waals surface area (Å²) in [5.74, 6) is 1.75. The zero-order valence-corrected chi connectivity index (χ0v) is 12.0. The third kappa shape index (κ3) is 3.21. The van der Waals surface area contributed by atoms with Crippen molar-refractivity contribution in [1.82, 2.24) is 10.2 Å². The number of nitrogens with one attached hydrogen (secondary N) is 1. The van der Waals surface area contributed by atoms with E-state index in [9.17, 15) is 0 Å². The largest absolute Gasteiger partial charge is 0.315 e. The smallest absolute Gasteiger partial charge is 0.0251 e. The Morgan fingerprint density at radius 2 is 1.75 bits per heavy atom. The lowest BCUT2D eigenvalue weighted by atomic mass is 9.76. The maximum atomic E-state index is 3.51. The van der Waals surface area contributed by atoms with Crippen molar-refractivity contribution in [1.29, 1.82) is 0 Å². The molecule has 96 valence electrons. The molecule has 0 aromatic carbocycles. The van der Waals surface area contributed by atoms with Crippen LogP contribution < -0.4 is 5.32 Å². The van der Waals surface area contributed by atoms with E-state index in [-0.39, 0.29) is 0 Å². The highest BCUT2D eigenvalue weighted by molar-refractivity contribution is 4.91. The first-order valence-electron chi connectivity index (χ1n) is 6.86. The Hall–Kier alpha value is -0.0800. The third-order valence-electron chi connectivity index (χ3n) is 4.51. The fourth-order valence-corrected chi connectivity index (χ4v) is 2.95. The maximum absolute atomic E-state index is 3.51. The zero-order chi connectivity index (χ0) is 12.3. The van der Waals surface area contributed by atoms with Gasteiger partial charge in [-0.25, -0.2) is 0 Å². The van der Waals surface area contributed by atoms with Gasteiger partial charge in [0.05, 0.1) is 0 Å². The van der Waals surface area contributed by atoms with Crippen molar-refractivity contribution in [2.75, 3.05) is 14.1 Å². The van der Waals surface area contributed by atoms with E-state index in [4.69, 9.17) is 0 Å². The molecular weight excluding hydrogens is 196 g/mol. The molecule has 0 radical (unpaired) electrons. The van der Waals surface area contributed by atoms with E-state index in [0.29, 0.717) is 18.1 Å². The molecule has 16 heavy (non-hydrogen) atoms. The second-order valence-corrected chi connectivity index (χ2v) is 6.04. The van der Waals surface area contributed by atoms with Gasteiger partial charge in [0.15, 0.2) is 0 Å². The molecule has 0 saturated heterocycles. The van der Waals surface area contributed by atoms with Gasteiger partial charge >= 0.3 is 0 Å². The molecule has 1 aliphatic rings. The van der Waals surface area contributed by atoms with Gasteiger partial charge in [-0.2, -0.15) is 0 Å². The lowest BCUT2D eigenvalue weighted by Gasteiger charge is -2.44. The number of hydrogen-bond acceptors (Lipinski definition) is 2. The highest BCUT2D eigenvalue weighted by Gasteiger charge is 2.33. The van der Waals surface area contributed by atoms with Crippen LogP contribution in [0.1, 0.15) is 47.0 Å². The lowest BCUT2D eigenvalue weighted by Crippen LogP contribution is -2.53. The van der Waals surface area contributed by atoms with Crippen molar-refractivity contribution in [2.24, 2.45) is 11.8 Å². The first kappa shape index (κ1) is 14.0. The Labute approximate surface area is 102 Å². The van der Waals surface area contributed by atoms with E-state index >= 15 is 0 Å². The van der Waals surface area contributed by atoms with Gasteiger partial charge in [0.25, 0.3) is 0 Å². The summed E-state index contributed by atoms with van der Waals surface area (Å²) in [6.45, 7) is 9.34. The molecule has 0 bridgehead atoms. The third-order valence-corrected chi connectivity index (χ3v) is 4.51. The molecule has 1 N–H and O–H groups in total. The van der Waals surface area contributed by atoms with E-state index in [0.717, 1.165) is 11.8 Å². The quantitative estimate of drug-likeness (QED) is 0.793. The first-order chi connectivity index (χ1) is 7.47. The Morgan fingerprint density at radius 3 is 2.19 bits per heavy atom. The monoisotopic (exact) mass is 226 g/mol. The van der Waals surface area contributed by atoms with Crippen molar-refractivity contribution in [3.8, 4) is 0 Å². The molecule has 1 saturated carbocycles. The van der Waals surface area contributed by atoms with Crippen molar-refractivity contribution < 1.29 is 0 Å². The highest BCUT2D eigenvalue weighted by Crippen LogP contribution is 2.32. The summed E-state index contributed by atoms with van der Waals surface area (Å²) in [5.41, 5.74) is 0. The molecule has 1 fully saturated rings. The molecule has 3 unspecified atom stereocenters. The summed E-state index contributed by atoms with van der Waals surface area (Å²) in [5, 5.41) is 3.51. The molecule has 0 aromatic heterocycles. The zero-order valence-electron chi connectivity index (χ0n) is 12.0. The summed E-state index contributed by atoms with van der Waals surface area (Å²) in [6, 6.07) is 2.04. The second kappa shape index (κ2) is 6.02. The van der Waals surface area contributed by atoms with Crippen LogP contribution in [0.3, 0.4) is 0 Å². The summed E-state index contributed by atoms with van der Waals surface area (Å²) in [6.07, 6.45) is 4.09. The van der Waals surface area contributed by atoms with E-state index in [2.05, 4.69) is 52.0 Å². The van der Waals surface area contributed by atoms with Crippen molar-refractivity contribution >= 4 is 0 Å². The SMILES string of the molecule is CNC1CCC(C(C)C)CC1N(C)C(C)C. The van der Waals surface area contributed by atoms with Gasteiger partial charge in [-0.15, -0.1) is 0 Å². The van der Waals surface area contributed by atoms with Crippen molar-refractivity contribution in [3.05, 3.63) is 0 Å². The van der Waals surface area contributed by atoms with Gasteiger partial charge in [0, 0.05) is 18.1 Å². The molecule has 2 heteroatoms. The molecule has 0 heterocycles. The van der Waals surface area contributed by atoms with Gasteiger partial charge < -0.3 is 5.32 Å². The van der Waals surface area contributed by atoms with E-state index in [1.54, 1.807) is 0 Å². The van der Waals surface area contributed by atoms with Crippen LogP contribution in [0.5, 0.6) is 0 Å². The van der Waals surface area contributed by atoms with Crippen LogP contribution in [0.2, 0.25) is 0 Å². The topological polar surface area (TPSA) is 15.3 Å². The summed E-state index contributed by atoms with van der Waals surface area (Å²) >= 11 is 0. The molecule has 0 aromatic rings. The molecule has 1 rings (SSSR count). The van der Waals surface area contributed by atoms with Crippen molar-refractivity contribution in [2.45, 2.75) is 65.1 Å². The lowest BCUT2D eigenvalue weighted by molar-refractivity contribution is 0.0847. The first-order valence-corrected chi connectivity index (χ1v) is 6.86. The highest BCUT2D eigenvalue weighted by atomic mass is 15.2. The fraction of sp³-hybridized carbons (Fsp3) is 1.00. The minimum atomic E-state index is 0.645. The summed E-state index contributed by atoms with van der Waals surface area (Å²) in [7, 11) is 4.39. The van der Waals surface area contributed by atoms with Gasteiger partial charge in [0.1, 0.15) is 0 Å². The van der Waals surface area contributed by atoms with Gasteiger partial charge in [-0.3, -0.25) is 4.90 Å². The molecule has 3 atom stereocenters. The van der Waals surface area contributed by atoms with E-state index < -0.39 is 0 Å². The average molecular weight is 226 g/mol. The van der Waals surface area contributed by atoms with Crippen molar-refractivity contribution in [3.63, 3.8) is 0 Å². The van der Waals surface area contributed by atoms with Gasteiger partial charge in [0.2, 0.25) is 0 Å². The molecular formula is C14H30N2. The molecule has 0 amide bonds. The van der Waals surface area contributed by atoms with Crippen LogP contribution in [0.25, 0.3) is 0 Å². The average Bonchev–Trinajstić information content (AvgIpc) is 2.26. The Morgan fingerprint density at radius 1 is 1.12 bits per heavy atom. The second-order valence-electron chi connectivity index (χ2n) is 6.04. The van der Waals surface area contributed by atoms with Crippen LogP contribution in [0.15, 0.2) is 0 Å². The van der Waals surface area contributed by atoms with Crippen LogP contribution in [-0.2, 0) is 0 Å². The summed E-state index contributed by atoms with van der Waals surface area (Å²) < 4.78 is 0. The molecule has 1 aliphatic carbocycles. The Kier molecular flexibility index (Phi) is 5.26. The van der Waals surface area contributed by atoms with Gasteiger partial charge in [-0.05, 0) is 59.0 Å². The maximum Gasteiger partial charge on any atom is 0.0251 e. The Bertz CT molecular complexity index is 199. The standard InChI is InChI=1S/C14H30N2/c1-10(2)12-7-8-13(15-5)14(9-12)16(6)11(3)4/h10-15H,7-9H2,1-6H3. The predicted molar refractivity (Wildman–Crippen MR) is 71.7 cm³/mol. The minimum Gasteiger partial charge on any atom is -0.315 e. The minimum absolute atomic E-state index is 0.645. The number of nitrogens with zero attached hydrogens (tertiary/aromatic N) is 1. The van der Waals surface area contributed by atoms with Crippen LogP contribution >= 0.6 is 0 Å². The molecule has 2 nitrogen and oxygen atoms in total. The number of likely N-dealkylation sites (N-methyl/N-ethyl adjacent to an activating group) is 2. The normalized spacial score (nSPS) is 31.7. The van der Waals surface area contributed by atoms with Gasteiger partial charge in [-0.1, -0.05) is 13.8 Å². The number of hydrogen-bond donors (Lipinski definition) is 1. The van der Waals surface area contributed by atoms with E-state index in [1.807, 2.05) is 0 Å². The van der Waals surface area contributed by atoms with Crippen LogP contribution in [-0.4, -0.2) is 37.1 Å². The van der Waals surface area contributed by atoms with Crippen LogP contribution in [0, 0.1) is 11.8 Å². The predicted octanol–water partition coefficient (Wildman–Crippen LogP) is 2.74. The summed E-state index contributed by atoms with van der Waals surface area (Å²) in [4.78, 5) is 2.55. The number of rotatable bonds is 4. The van der Waals surface area contributed by atoms with Crippen LogP contribution in [0.4, 0.5) is 0 Å². The fourth-order valence-electron chi connectivity index (χ4n) is 2.95.